The van der Waals surface area contributed by atoms with Crippen molar-refractivity contribution in [2.45, 2.75) is 19.9 Å². The van der Waals surface area contributed by atoms with Gasteiger partial charge in [0.25, 0.3) is 5.91 Å². The second kappa shape index (κ2) is 6.89. The molecule has 0 unspecified atom stereocenters. The fourth-order valence-corrected chi connectivity index (χ4v) is 1.27. The molecule has 20 heavy (non-hydrogen) atoms. The van der Waals surface area contributed by atoms with Crippen molar-refractivity contribution in [3.8, 4) is 6.07 Å². The Labute approximate surface area is 115 Å². The van der Waals surface area contributed by atoms with E-state index in [0.717, 1.165) is 0 Å². The Morgan fingerprint density at radius 1 is 1.05 bits per heavy atom. The molecule has 0 saturated carbocycles. The normalized spacial score (nSPS) is 9.50. The van der Waals surface area contributed by atoms with Crippen molar-refractivity contribution >= 4 is 17.7 Å². The molecule has 3 N–H and O–H groups in total. The van der Waals surface area contributed by atoms with E-state index < -0.39 is 17.7 Å². The lowest BCUT2D eigenvalue weighted by Crippen LogP contribution is -2.49. The third kappa shape index (κ3) is 4.42. The molecular formula is C13H14N4O3. The molecule has 0 spiro atoms. The monoisotopic (exact) mass is 274 g/mol. The molecule has 0 aliphatic rings. The van der Waals surface area contributed by atoms with E-state index >= 15 is 0 Å². The van der Waals surface area contributed by atoms with Gasteiger partial charge in [0, 0.05) is 11.6 Å². The summed E-state index contributed by atoms with van der Waals surface area (Å²) in [5.74, 6) is -2.37. The maximum atomic E-state index is 11.7. The molecule has 7 heteroatoms. The summed E-state index contributed by atoms with van der Waals surface area (Å²) in [4.78, 5) is 34.3. The highest BCUT2D eigenvalue weighted by atomic mass is 16.2. The number of benzene rings is 1. The van der Waals surface area contributed by atoms with Gasteiger partial charge in [0.05, 0.1) is 11.6 Å². The average Bonchev–Trinajstić information content (AvgIpc) is 2.43. The zero-order valence-corrected chi connectivity index (χ0v) is 11.1. The van der Waals surface area contributed by atoms with Crippen LogP contribution in [0.3, 0.4) is 0 Å². The predicted molar refractivity (Wildman–Crippen MR) is 70.0 cm³/mol. The molecule has 3 amide bonds. The maximum Gasteiger partial charge on any atom is 0.327 e. The largest absolute Gasteiger partial charge is 0.346 e. The standard InChI is InChI=1S/C13H14N4O3/c1-8(2)15-12(19)13(20)17-16-11(18)10-5-3-9(7-14)4-6-10/h3-6,8H,1-2H3,(H,15,19)(H,16,18)(H,17,20). The van der Waals surface area contributed by atoms with Gasteiger partial charge in [-0.25, -0.2) is 0 Å². The van der Waals surface area contributed by atoms with E-state index in [2.05, 4.69) is 10.7 Å². The topological polar surface area (TPSA) is 111 Å². The van der Waals surface area contributed by atoms with Gasteiger partial charge in [-0.05, 0) is 38.1 Å². The Bertz CT molecular complexity index is 558. The van der Waals surface area contributed by atoms with E-state index in [9.17, 15) is 14.4 Å². The molecule has 0 bridgehead atoms. The lowest BCUT2D eigenvalue weighted by Gasteiger charge is -2.09. The molecule has 0 aliphatic heterocycles. The summed E-state index contributed by atoms with van der Waals surface area (Å²) in [6.45, 7) is 3.42. The molecule has 1 aromatic carbocycles. The quantitative estimate of drug-likeness (QED) is 0.514. The molecule has 7 nitrogen and oxygen atoms in total. The van der Waals surface area contributed by atoms with Crippen molar-refractivity contribution < 1.29 is 14.4 Å². The summed E-state index contributed by atoms with van der Waals surface area (Å²) in [5.41, 5.74) is 4.78. The Kier molecular flexibility index (Phi) is 5.23. The van der Waals surface area contributed by atoms with E-state index in [4.69, 9.17) is 5.26 Å². The summed E-state index contributed by atoms with van der Waals surface area (Å²) in [6.07, 6.45) is 0. The summed E-state index contributed by atoms with van der Waals surface area (Å²) in [6, 6.07) is 7.57. The fourth-order valence-electron chi connectivity index (χ4n) is 1.27. The van der Waals surface area contributed by atoms with Crippen LogP contribution in [0.5, 0.6) is 0 Å². The summed E-state index contributed by atoms with van der Waals surface area (Å²) < 4.78 is 0. The molecule has 104 valence electrons. The summed E-state index contributed by atoms with van der Waals surface area (Å²) in [5, 5.41) is 11.0. The van der Waals surface area contributed by atoms with Gasteiger partial charge in [-0.1, -0.05) is 0 Å². The predicted octanol–water partition coefficient (Wildman–Crippen LogP) is -0.156. The number of carbonyl (C=O) groups excluding carboxylic acids is 3. The van der Waals surface area contributed by atoms with Gasteiger partial charge in [-0.15, -0.1) is 0 Å². The number of hydrazine groups is 1. The number of amides is 3. The number of carbonyl (C=O) groups is 3. The van der Waals surface area contributed by atoms with E-state index in [-0.39, 0.29) is 11.6 Å². The Morgan fingerprint density at radius 2 is 1.65 bits per heavy atom. The van der Waals surface area contributed by atoms with E-state index in [0.29, 0.717) is 5.56 Å². The van der Waals surface area contributed by atoms with Crippen molar-refractivity contribution in [2.75, 3.05) is 0 Å². The maximum absolute atomic E-state index is 11.7. The van der Waals surface area contributed by atoms with Crippen LogP contribution in [0.15, 0.2) is 24.3 Å². The SMILES string of the molecule is CC(C)NC(=O)C(=O)NNC(=O)c1ccc(C#N)cc1. The Hall–Kier alpha value is -2.88. The smallest absolute Gasteiger partial charge is 0.327 e. The number of hydrogen-bond donors (Lipinski definition) is 3. The van der Waals surface area contributed by atoms with E-state index in [1.807, 2.05) is 11.5 Å². The van der Waals surface area contributed by atoms with Gasteiger partial charge in [0.15, 0.2) is 0 Å². The lowest BCUT2D eigenvalue weighted by atomic mass is 10.1. The third-order valence-corrected chi connectivity index (χ3v) is 2.19. The summed E-state index contributed by atoms with van der Waals surface area (Å²) in [7, 11) is 0. The van der Waals surface area contributed by atoms with Crippen LogP contribution in [0.25, 0.3) is 0 Å². The second-order valence-electron chi connectivity index (χ2n) is 4.23. The first-order valence-corrected chi connectivity index (χ1v) is 5.85. The van der Waals surface area contributed by atoms with Crippen LogP contribution in [-0.2, 0) is 9.59 Å². The van der Waals surface area contributed by atoms with Gasteiger partial charge in [0.1, 0.15) is 0 Å². The first-order chi connectivity index (χ1) is 9.43. The van der Waals surface area contributed by atoms with Gasteiger partial charge >= 0.3 is 11.8 Å². The molecular weight excluding hydrogens is 260 g/mol. The molecule has 1 aromatic rings. The zero-order valence-electron chi connectivity index (χ0n) is 11.1. The van der Waals surface area contributed by atoms with Crippen LogP contribution in [0.2, 0.25) is 0 Å². The number of hydrogen-bond acceptors (Lipinski definition) is 4. The molecule has 0 atom stereocenters. The highest BCUT2D eigenvalue weighted by Crippen LogP contribution is 2.02. The van der Waals surface area contributed by atoms with Crippen LogP contribution in [0.4, 0.5) is 0 Å². The number of nitrogens with zero attached hydrogens (tertiary/aromatic N) is 1. The first-order valence-electron chi connectivity index (χ1n) is 5.85. The van der Waals surface area contributed by atoms with Gasteiger partial charge in [-0.2, -0.15) is 5.26 Å². The minimum atomic E-state index is -0.958. The molecule has 0 heterocycles. The Morgan fingerprint density at radius 3 is 2.15 bits per heavy atom. The molecule has 0 aliphatic carbocycles. The highest BCUT2D eigenvalue weighted by molar-refractivity contribution is 6.35. The third-order valence-electron chi connectivity index (χ3n) is 2.19. The zero-order chi connectivity index (χ0) is 15.1. The number of rotatable bonds is 2. The van der Waals surface area contributed by atoms with E-state index in [1.54, 1.807) is 13.8 Å². The minimum absolute atomic E-state index is 0.178. The van der Waals surface area contributed by atoms with Crippen LogP contribution >= 0.6 is 0 Å². The van der Waals surface area contributed by atoms with Gasteiger partial charge < -0.3 is 5.32 Å². The summed E-state index contributed by atoms with van der Waals surface area (Å²) >= 11 is 0. The first kappa shape index (κ1) is 15.2. The number of nitrogens with one attached hydrogen (secondary N) is 3. The highest BCUT2D eigenvalue weighted by Gasteiger charge is 2.15. The van der Waals surface area contributed by atoms with Crippen molar-refractivity contribution in [3.63, 3.8) is 0 Å². The van der Waals surface area contributed by atoms with Crippen LogP contribution in [0, 0.1) is 11.3 Å². The van der Waals surface area contributed by atoms with E-state index in [1.165, 1.54) is 24.3 Å². The van der Waals surface area contributed by atoms with Crippen LogP contribution in [0.1, 0.15) is 29.8 Å². The fraction of sp³-hybridized carbons (Fsp3) is 0.231. The van der Waals surface area contributed by atoms with Crippen LogP contribution in [-0.4, -0.2) is 23.8 Å². The van der Waals surface area contributed by atoms with Crippen molar-refractivity contribution in [3.05, 3.63) is 35.4 Å². The molecule has 1 rings (SSSR count). The molecule has 0 fully saturated rings. The van der Waals surface area contributed by atoms with Gasteiger partial charge in [-0.3, -0.25) is 25.2 Å². The van der Waals surface area contributed by atoms with Crippen LogP contribution < -0.4 is 16.2 Å². The van der Waals surface area contributed by atoms with Gasteiger partial charge in [0.2, 0.25) is 0 Å². The minimum Gasteiger partial charge on any atom is -0.346 e. The lowest BCUT2D eigenvalue weighted by molar-refractivity contribution is -0.139. The number of nitriles is 1. The second-order valence-corrected chi connectivity index (χ2v) is 4.23. The van der Waals surface area contributed by atoms with Crippen molar-refractivity contribution in [1.82, 2.24) is 16.2 Å². The molecule has 0 aromatic heterocycles. The van der Waals surface area contributed by atoms with Crippen molar-refractivity contribution in [1.29, 1.82) is 5.26 Å². The average molecular weight is 274 g/mol. The molecule has 0 radical (unpaired) electrons. The van der Waals surface area contributed by atoms with Crippen molar-refractivity contribution in [2.24, 2.45) is 0 Å². The Balaban J connectivity index is 2.52. The molecule has 0 saturated heterocycles.